The number of piperidine rings is 1. The van der Waals surface area contributed by atoms with Crippen LogP contribution in [0.2, 0.25) is 0 Å². The molecule has 2 aliphatic rings. The molecule has 2 aromatic carbocycles. The molecular formula is C26H25F3N2O2S. The van der Waals surface area contributed by atoms with Gasteiger partial charge in [-0.05, 0) is 47.8 Å². The van der Waals surface area contributed by atoms with Crippen LogP contribution in [0.1, 0.15) is 40.1 Å². The molecule has 1 saturated heterocycles. The Hall–Kier alpha value is -3.00. The molecule has 178 valence electrons. The Balaban J connectivity index is 1.28. The fourth-order valence-electron chi connectivity index (χ4n) is 4.76. The highest BCUT2D eigenvalue weighted by atomic mass is 32.1. The van der Waals surface area contributed by atoms with E-state index in [4.69, 9.17) is 4.74 Å². The Kier molecular flexibility index (Phi) is 6.02. The summed E-state index contributed by atoms with van der Waals surface area (Å²) < 4.78 is 45.1. The molecule has 0 bridgehead atoms. The van der Waals surface area contributed by atoms with E-state index in [0.29, 0.717) is 25.9 Å². The van der Waals surface area contributed by atoms with Gasteiger partial charge in [-0.3, -0.25) is 4.79 Å². The molecule has 5 rings (SSSR count). The number of hydrogen-bond acceptors (Lipinski definition) is 4. The molecule has 1 aromatic heterocycles. The fraction of sp³-hybridized carbons (Fsp3) is 0.346. The number of carbonyl (C=O) groups is 1. The average molecular weight is 487 g/mol. The van der Waals surface area contributed by atoms with Gasteiger partial charge < -0.3 is 14.5 Å². The highest BCUT2D eigenvalue weighted by Crippen LogP contribution is 2.41. The summed E-state index contributed by atoms with van der Waals surface area (Å²) in [5.41, 5.74) is 0.241. The SMILES string of the molecule is O=C(c1ccc(C(F)(F)F)cc1)N1CCC2(CC1)CCN(Cc1cccs1)c1ccccc1O2. The van der Waals surface area contributed by atoms with E-state index in [1.54, 1.807) is 16.2 Å². The van der Waals surface area contributed by atoms with Crippen LogP contribution >= 0.6 is 11.3 Å². The number of likely N-dealkylation sites (tertiary alicyclic amines) is 1. The standard InChI is InChI=1S/C26H25F3N2O2S/c27-26(28,29)20-9-7-19(8-10-20)24(32)30-14-11-25(12-15-30)13-16-31(18-21-4-3-17-34-21)22-5-1-2-6-23(22)33-25/h1-10,17H,11-16,18H2. The number of carbonyl (C=O) groups excluding carboxylic acids is 1. The number of anilines is 1. The zero-order chi connectivity index (χ0) is 23.8. The molecule has 3 heterocycles. The molecule has 3 aromatic rings. The summed E-state index contributed by atoms with van der Waals surface area (Å²) in [4.78, 5) is 18.3. The van der Waals surface area contributed by atoms with Crippen LogP contribution in [-0.2, 0) is 12.7 Å². The van der Waals surface area contributed by atoms with Crippen molar-refractivity contribution in [3.8, 4) is 5.75 Å². The largest absolute Gasteiger partial charge is 0.485 e. The molecule has 2 aliphatic heterocycles. The van der Waals surface area contributed by atoms with Crippen molar-refractivity contribution in [1.82, 2.24) is 4.90 Å². The van der Waals surface area contributed by atoms with Crippen LogP contribution in [0.5, 0.6) is 5.75 Å². The zero-order valence-corrected chi connectivity index (χ0v) is 19.4. The smallest absolute Gasteiger partial charge is 0.416 e. The van der Waals surface area contributed by atoms with Gasteiger partial charge in [-0.2, -0.15) is 13.2 Å². The number of rotatable bonds is 3. The molecule has 1 fully saturated rings. The maximum Gasteiger partial charge on any atom is 0.416 e. The minimum Gasteiger partial charge on any atom is -0.485 e. The number of amides is 1. The third kappa shape index (κ3) is 4.64. The lowest BCUT2D eigenvalue weighted by molar-refractivity contribution is -0.137. The fourth-order valence-corrected chi connectivity index (χ4v) is 5.48. The first-order valence-electron chi connectivity index (χ1n) is 11.3. The first kappa shape index (κ1) is 22.8. The van der Waals surface area contributed by atoms with Gasteiger partial charge in [0.15, 0.2) is 0 Å². The molecule has 0 N–H and O–H groups in total. The number of fused-ring (bicyclic) bond motifs is 1. The Morgan fingerprint density at radius 3 is 2.32 bits per heavy atom. The molecule has 34 heavy (non-hydrogen) atoms. The number of halogens is 3. The van der Waals surface area contributed by atoms with Crippen molar-refractivity contribution in [2.75, 3.05) is 24.5 Å². The second-order valence-electron chi connectivity index (χ2n) is 8.87. The highest BCUT2D eigenvalue weighted by Gasteiger charge is 2.41. The van der Waals surface area contributed by atoms with Gasteiger partial charge in [0.1, 0.15) is 11.4 Å². The van der Waals surface area contributed by atoms with Crippen LogP contribution < -0.4 is 9.64 Å². The van der Waals surface area contributed by atoms with E-state index in [-0.39, 0.29) is 17.1 Å². The summed E-state index contributed by atoms with van der Waals surface area (Å²) in [6.07, 6.45) is -2.21. The number of ether oxygens (including phenoxy) is 1. The van der Waals surface area contributed by atoms with Crippen LogP contribution in [-0.4, -0.2) is 36.0 Å². The van der Waals surface area contributed by atoms with Crippen LogP contribution in [0.15, 0.2) is 66.0 Å². The second-order valence-corrected chi connectivity index (χ2v) is 9.90. The summed E-state index contributed by atoms with van der Waals surface area (Å²) in [6.45, 7) is 2.69. The topological polar surface area (TPSA) is 32.8 Å². The molecule has 1 spiro atoms. The number of para-hydroxylation sites is 2. The predicted molar refractivity (Wildman–Crippen MR) is 126 cm³/mol. The van der Waals surface area contributed by atoms with Crippen molar-refractivity contribution >= 4 is 22.9 Å². The van der Waals surface area contributed by atoms with Crippen molar-refractivity contribution in [2.24, 2.45) is 0 Å². The van der Waals surface area contributed by atoms with Gasteiger partial charge in [0.25, 0.3) is 5.91 Å². The third-order valence-electron chi connectivity index (χ3n) is 6.72. The van der Waals surface area contributed by atoms with Crippen LogP contribution in [0.25, 0.3) is 0 Å². The number of hydrogen-bond donors (Lipinski definition) is 0. The van der Waals surface area contributed by atoms with Crippen molar-refractivity contribution in [3.05, 3.63) is 82.0 Å². The molecule has 0 saturated carbocycles. The Labute approximate surface area is 200 Å². The summed E-state index contributed by atoms with van der Waals surface area (Å²) in [6, 6.07) is 16.7. The normalized spacial score (nSPS) is 17.7. The number of nitrogens with zero attached hydrogens (tertiary/aromatic N) is 2. The van der Waals surface area contributed by atoms with Gasteiger partial charge in [0.2, 0.25) is 0 Å². The predicted octanol–water partition coefficient (Wildman–Crippen LogP) is 6.23. The maximum absolute atomic E-state index is 12.9. The highest BCUT2D eigenvalue weighted by molar-refractivity contribution is 7.09. The van der Waals surface area contributed by atoms with Gasteiger partial charge in [-0.25, -0.2) is 0 Å². The van der Waals surface area contributed by atoms with Crippen molar-refractivity contribution in [2.45, 2.75) is 37.6 Å². The Morgan fingerprint density at radius 1 is 0.941 bits per heavy atom. The van der Waals surface area contributed by atoms with Crippen LogP contribution in [0.4, 0.5) is 18.9 Å². The molecule has 0 atom stereocenters. The number of thiophene rings is 1. The van der Waals surface area contributed by atoms with Gasteiger partial charge in [0, 0.05) is 49.3 Å². The van der Waals surface area contributed by atoms with E-state index in [1.165, 1.54) is 17.0 Å². The van der Waals surface area contributed by atoms with Gasteiger partial charge >= 0.3 is 6.18 Å². The summed E-state index contributed by atoms with van der Waals surface area (Å²) in [7, 11) is 0. The van der Waals surface area contributed by atoms with E-state index in [0.717, 1.165) is 43.1 Å². The molecule has 4 nitrogen and oxygen atoms in total. The monoisotopic (exact) mass is 486 g/mol. The summed E-state index contributed by atoms with van der Waals surface area (Å²) >= 11 is 1.74. The molecule has 8 heteroatoms. The minimum atomic E-state index is -4.41. The second kappa shape index (κ2) is 8.98. The van der Waals surface area contributed by atoms with Crippen molar-refractivity contribution in [1.29, 1.82) is 0 Å². The van der Waals surface area contributed by atoms with E-state index in [9.17, 15) is 18.0 Å². The minimum absolute atomic E-state index is 0.239. The lowest BCUT2D eigenvalue weighted by Gasteiger charge is -2.41. The number of benzene rings is 2. The first-order chi connectivity index (χ1) is 16.3. The van der Waals surface area contributed by atoms with Crippen molar-refractivity contribution < 1.29 is 22.7 Å². The molecule has 0 unspecified atom stereocenters. The average Bonchev–Trinajstić information content (AvgIpc) is 3.30. The lowest BCUT2D eigenvalue weighted by atomic mass is 9.87. The molecule has 0 radical (unpaired) electrons. The van der Waals surface area contributed by atoms with E-state index < -0.39 is 11.7 Å². The van der Waals surface area contributed by atoms with Crippen molar-refractivity contribution in [3.63, 3.8) is 0 Å². The third-order valence-corrected chi connectivity index (χ3v) is 7.58. The first-order valence-corrected chi connectivity index (χ1v) is 12.2. The van der Waals surface area contributed by atoms with Crippen LogP contribution in [0, 0.1) is 0 Å². The van der Waals surface area contributed by atoms with Gasteiger partial charge in [-0.15, -0.1) is 11.3 Å². The molecule has 1 amide bonds. The van der Waals surface area contributed by atoms with Crippen LogP contribution in [0.3, 0.4) is 0 Å². The molecular weight excluding hydrogens is 461 g/mol. The summed E-state index contributed by atoms with van der Waals surface area (Å²) in [5.74, 6) is 0.621. The van der Waals surface area contributed by atoms with E-state index >= 15 is 0 Å². The van der Waals surface area contributed by atoms with E-state index in [1.807, 2.05) is 18.2 Å². The maximum atomic E-state index is 12.9. The quantitative estimate of drug-likeness (QED) is 0.440. The van der Waals surface area contributed by atoms with Gasteiger partial charge in [-0.1, -0.05) is 18.2 Å². The Bertz CT molecular complexity index is 1140. The lowest BCUT2D eigenvalue weighted by Crippen LogP contribution is -2.50. The number of alkyl halides is 3. The molecule has 0 aliphatic carbocycles. The van der Waals surface area contributed by atoms with Gasteiger partial charge in [0.05, 0.1) is 17.8 Å². The Morgan fingerprint density at radius 2 is 1.65 bits per heavy atom. The van der Waals surface area contributed by atoms with E-state index in [2.05, 4.69) is 28.5 Å². The zero-order valence-electron chi connectivity index (χ0n) is 18.6. The summed E-state index contributed by atoms with van der Waals surface area (Å²) in [5, 5.41) is 2.08.